The molecule has 1 heterocycles. The summed E-state index contributed by atoms with van der Waals surface area (Å²) in [7, 11) is 1.76. The molecule has 0 fully saturated rings. The number of aryl methyl sites for hydroxylation is 2. The van der Waals surface area contributed by atoms with Crippen molar-refractivity contribution in [3.8, 4) is 0 Å². The van der Waals surface area contributed by atoms with Gasteiger partial charge in [0.05, 0.1) is 11.4 Å². The number of para-hydroxylation sites is 1. The quantitative estimate of drug-likeness (QED) is 0.767. The Hall–Kier alpha value is -2.43. The Morgan fingerprint density at radius 2 is 1.80 bits per heavy atom. The topological polar surface area (TPSA) is 29.9 Å². The number of hydrogen-bond donors (Lipinski definition) is 1. The lowest BCUT2D eigenvalue weighted by atomic mass is 10.2. The molecule has 102 valence electrons. The third-order valence-corrected chi connectivity index (χ3v) is 3.38. The molecule has 2 aromatic carbocycles. The van der Waals surface area contributed by atoms with Crippen molar-refractivity contribution in [1.29, 1.82) is 0 Å². The van der Waals surface area contributed by atoms with Gasteiger partial charge in [0, 0.05) is 18.1 Å². The second-order valence-electron chi connectivity index (χ2n) is 4.64. The zero-order chi connectivity index (χ0) is 14.3. The Labute approximate surface area is 114 Å². The van der Waals surface area contributed by atoms with Crippen molar-refractivity contribution >= 4 is 22.3 Å². The van der Waals surface area contributed by atoms with Crippen LogP contribution >= 0.6 is 0 Å². The van der Waals surface area contributed by atoms with Crippen LogP contribution in [0.5, 0.6) is 0 Å². The van der Waals surface area contributed by atoms with Crippen molar-refractivity contribution in [1.82, 2.24) is 9.78 Å². The third-order valence-electron chi connectivity index (χ3n) is 3.38. The van der Waals surface area contributed by atoms with Crippen molar-refractivity contribution in [2.45, 2.75) is 6.92 Å². The lowest BCUT2D eigenvalue weighted by molar-refractivity contribution is 0.627. The Bertz CT molecular complexity index is 793. The number of hydrogen-bond acceptors (Lipinski definition) is 2. The summed E-state index contributed by atoms with van der Waals surface area (Å²) in [5, 5.41) is 7.66. The minimum atomic E-state index is -0.477. The normalized spacial score (nSPS) is 11.0. The molecule has 0 atom stereocenters. The third kappa shape index (κ3) is 1.91. The molecule has 3 nitrogen and oxygen atoms in total. The van der Waals surface area contributed by atoms with E-state index in [1.54, 1.807) is 42.1 Å². The summed E-state index contributed by atoms with van der Waals surface area (Å²) < 4.78 is 29.6. The van der Waals surface area contributed by atoms with Crippen LogP contribution in [0, 0.1) is 18.6 Å². The van der Waals surface area contributed by atoms with Crippen LogP contribution < -0.4 is 5.32 Å². The zero-order valence-electron chi connectivity index (χ0n) is 11.1. The molecule has 0 aliphatic carbocycles. The smallest absolute Gasteiger partial charge is 0.174 e. The standard InChI is InChI=1S/C15H13F2N3/c1-9-10-7-8-13(14(17)15(10)19-20(9)2)18-12-6-4-3-5-11(12)16/h3-8,18H,1-2H3. The van der Waals surface area contributed by atoms with E-state index in [2.05, 4.69) is 10.4 Å². The van der Waals surface area contributed by atoms with Gasteiger partial charge in [0.25, 0.3) is 0 Å². The zero-order valence-corrected chi connectivity index (χ0v) is 11.1. The molecular formula is C15H13F2N3. The van der Waals surface area contributed by atoms with Crippen LogP contribution in [0.15, 0.2) is 36.4 Å². The first-order chi connectivity index (χ1) is 9.58. The number of aromatic nitrogens is 2. The van der Waals surface area contributed by atoms with Gasteiger partial charge in [0.1, 0.15) is 11.3 Å². The Balaban J connectivity index is 2.09. The molecule has 1 N–H and O–H groups in total. The van der Waals surface area contributed by atoms with Gasteiger partial charge in [-0.3, -0.25) is 4.68 Å². The van der Waals surface area contributed by atoms with Crippen LogP contribution in [-0.4, -0.2) is 9.78 Å². The second kappa shape index (κ2) is 4.59. The SMILES string of the molecule is Cc1c2ccc(Nc3ccccc3F)c(F)c2nn1C. The molecule has 0 saturated heterocycles. The largest absolute Gasteiger partial charge is 0.351 e. The van der Waals surface area contributed by atoms with E-state index in [-0.39, 0.29) is 16.9 Å². The molecule has 1 aromatic heterocycles. The van der Waals surface area contributed by atoms with Crippen LogP contribution in [0.25, 0.3) is 10.9 Å². The maximum Gasteiger partial charge on any atom is 0.174 e. The second-order valence-corrected chi connectivity index (χ2v) is 4.64. The number of rotatable bonds is 2. The minimum absolute atomic E-state index is 0.209. The van der Waals surface area contributed by atoms with Crippen molar-refractivity contribution in [2.24, 2.45) is 7.05 Å². The Morgan fingerprint density at radius 3 is 2.55 bits per heavy atom. The first-order valence-electron chi connectivity index (χ1n) is 6.21. The highest BCUT2D eigenvalue weighted by molar-refractivity contribution is 5.86. The summed E-state index contributed by atoms with van der Waals surface area (Å²) in [5.41, 5.74) is 1.61. The van der Waals surface area contributed by atoms with E-state index >= 15 is 0 Å². The number of benzene rings is 2. The van der Waals surface area contributed by atoms with Crippen LogP contribution in [0.4, 0.5) is 20.2 Å². The van der Waals surface area contributed by atoms with Gasteiger partial charge in [0.2, 0.25) is 0 Å². The van der Waals surface area contributed by atoms with Gasteiger partial charge in [-0.2, -0.15) is 5.10 Å². The van der Waals surface area contributed by atoms with Crippen LogP contribution in [0.3, 0.4) is 0 Å². The summed E-state index contributed by atoms with van der Waals surface area (Å²) in [4.78, 5) is 0. The van der Waals surface area contributed by atoms with Gasteiger partial charge < -0.3 is 5.32 Å². The van der Waals surface area contributed by atoms with Crippen molar-refractivity contribution < 1.29 is 8.78 Å². The van der Waals surface area contributed by atoms with Gasteiger partial charge in [-0.05, 0) is 31.2 Å². The fraction of sp³-hybridized carbons (Fsp3) is 0.133. The molecule has 0 radical (unpaired) electrons. The monoisotopic (exact) mass is 273 g/mol. The predicted octanol–water partition coefficient (Wildman–Crippen LogP) is 3.90. The van der Waals surface area contributed by atoms with Crippen molar-refractivity contribution in [3.05, 3.63) is 53.7 Å². The number of fused-ring (bicyclic) bond motifs is 1. The number of halogens is 2. The summed E-state index contributed by atoms with van der Waals surface area (Å²) in [6.45, 7) is 1.87. The molecule has 0 saturated carbocycles. The van der Waals surface area contributed by atoms with Gasteiger partial charge in [0.15, 0.2) is 5.82 Å². The van der Waals surface area contributed by atoms with Gasteiger partial charge >= 0.3 is 0 Å². The lowest BCUT2D eigenvalue weighted by Crippen LogP contribution is -1.97. The number of nitrogens with one attached hydrogen (secondary N) is 1. The van der Waals surface area contributed by atoms with Gasteiger partial charge in [-0.1, -0.05) is 12.1 Å². The summed E-state index contributed by atoms with van der Waals surface area (Å²) in [5.74, 6) is -0.904. The molecule has 20 heavy (non-hydrogen) atoms. The molecule has 5 heteroatoms. The molecular weight excluding hydrogens is 260 g/mol. The lowest BCUT2D eigenvalue weighted by Gasteiger charge is -2.08. The van der Waals surface area contributed by atoms with Crippen LogP contribution in [-0.2, 0) is 7.05 Å². The molecule has 3 aromatic rings. The van der Waals surface area contributed by atoms with E-state index in [1.807, 2.05) is 6.92 Å². The first kappa shape index (κ1) is 12.6. The summed E-state index contributed by atoms with van der Waals surface area (Å²) in [6, 6.07) is 9.53. The van der Waals surface area contributed by atoms with Crippen LogP contribution in [0.1, 0.15) is 5.69 Å². The predicted molar refractivity (Wildman–Crippen MR) is 75.1 cm³/mol. The van der Waals surface area contributed by atoms with Gasteiger partial charge in [-0.25, -0.2) is 8.78 Å². The maximum absolute atomic E-state index is 14.4. The van der Waals surface area contributed by atoms with E-state index < -0.39 is 11.6 Å². The van der Waals surface area contributed by atoms with Crippen molar-refractivity contribution in [2.75, 3.05) is 5.32 Å². The van der Waals surface area contributed by atoms with E-state index in [9.17, 15) is 8.78 Å². The highest BCUT2D eigenvalue weighted by atomic mass is 19.1. The molecule has 0 bridgehead atoms. The average molecular weight is 273 g/mol. The summed E-state index contributed by atoms with van der Waals surface area (Å²) in [6.07, 6.45) is 0. The maximum atomic E-state index is 14.4. The molecule has 0 aliphatic rings. The Kier molecular flexibility index (Phi) is 2.89. The average Bonchev–Trinajstić information content (AvgIpc) is 2.72. The highest BCUT2D eigenvalue weighted by Crippen LogP contribution is 2.28. The fourth-order valence-corrected chi connectivity index (χ4v) is 2.16. The number of nitrogens with zero attached hydrogens (tertiary/aromatic N) is 2. The molecule has 0 unspecified atom stereocenters. The van der Waals surface area contributed by atoms with E-state index in [4.69, 9.17) is 0 Å². The van der Waals surface area contributed by atoms with E-state index in [0.29, 0.717) is 0 Å². The molecule has 0 amide bonds. The van der Waals surface area contributed by atoms with Crippen LogP contribution in [0.2, 0.25) is 0 Å². The molecule has 3 rings (SSSR count). The summed E-state index contributed by atoms with van der Waals surface area (Å²) >= 11 is 0. The van der Waals surface area contributed by atoms with Crippen molar-refractivity contribution in [3.63, 3.8) is 0 Å². The Morgan fingerprint density at radius 1 is 1.05 bits per heavy atom. The van der Waals surface area contributed by atoms with Gasteiger partial charge in [-0.15, -0.1) is 0 Å². The fourth-order valence-electron chi connectivity index (χ4n) is 2.16. The van der Waals surface area contributed by atoms with E-state index in [1.165, 1.54) is 6.07 Å². The minimum Gasteiger partial charge on any atom is -0.351 e. The number of anilines is 2. The highest BCUT2D eigenvalue weighted by Gasteiger charge is 2.14. The first-order valence-corrected chi connectivity index (χ1v) is 6.21. The molecule has 0 spiro atoms. The van der Waals surface area contributed by atoms with E-state index in [0.717, 1.165) is 11.1 Å². The molecule has 0 aliphatic heterocycles.